The summed E-state index contributed by atoms with van der Waals surface area (Å²) in [7, 11) is 0. The van der Waals surface area contributed by atoms with Crippen LogP contribution in [-0.4, -0.2) is 225 Å². The van der Waals surface area contributed by atoms with Crippen molar-refractivity contribution in [1.82, 2.24) is 77.6 Å². The molecule has 0 unspecified atom stereocenters. The highest BCUT2D eigenvalue weighted by Crippen LogP contribution is 2.29. The van der Waals surface area contributed by atoms with Gasteiger partial charge in [-0.05, 0) is 221 Å². The Balaban J connectivity index is 0.867. The van der Waals surface area contributed by atoms with Crippen LogP contribution in [-0.2, 0) is 83.2 Å². The van der Waals surface area contributed by atoms with Gasteiger partial charge < -0.3 is 123 Å². The average molecular weight is 1730 g/mol. The maximum absolute atomic E-state index is 15.5. The zero-order valence-electron chi connectivity index (χ0n) is 71.4. The van der Waals surface area contributed by atoms with Gasteiger partial charge in [-0.15, -0.1) is 0 Å². The second kappa shape index (κ2) is 48.6. The fourth-order valence-electron chi connectivity index (χ4n) is 16.8. The van der Waals surface area contributed by atoms with E-state index in [2.05, 4.69) is 67.8 Å². The molecule has 35 nitrogen and oxygen atoms in total. The van der Waals surface area contributed by atoms with Crippen LogP contribution in [0.15, 0.2) is 122 Å². The second-order valence-corrected chi connectivity index (χ2v) is 32.9. The maximum Gasteiger partial charge on any atom is 0.246 e. The third-order valence-electron chi connectivity index (χ3n) is 23.8. The van der Waals surface area contributed by atoms with Crippen molar-refractivity contribution in [1.29, 1.82) is 0 Å². The summed E-state index contributed by atoms with van der Waals surface area (Å²) in [6.07, 6.45) is 14.2. The number of rotatable bonds is 53. The van der Waals surface area contributed by atoms with Gasteiger partial charge in [0.05, 0.1) is 6.04 Å². The molecule has 676 valence electrons. The molecular formula is C90H129N23O12. The summed E-state index contributed by atoms with van der Waals surface area (Å²) in [6.45, 7) is 2.03. The minimum atomic E-state index is -1.41. The molecule has 12 amide bonds. The van der Waals surface area contributed by atoms with E-state index in [1.54, 1.807) is 24.8 Å². The van der Waals surface area contributed by atoms with Crippen molar-refractivity contribution < 1.29 is 57.5 Å². The number of primary amides is 1. The number of amides is 12. The average Bonchev–Trinajstić information content (AvgIpc) is 1.68. The van der Waals surface area contributed by atoms with Crippen LogP contribution in [0.1, 0.15) is 164 Å². The second-order valence-electron chi connectivity index (χ2n) is 32.9. The number of nitrogens with two attached hydrogens (primary N) is 8. The maximum atomic E-state index is 15.5. The van der Waals surface area contributed by atoms with Crippen LogP contribution in [0, 0.1) is 0 Å². The third kappa shape index (κ3) is 26.7. The van der Waals surface area contributed by atoms with Crippen LogP contribution in [0.4, 0.5) is 0 Å². The Labute approximate surface area is 727 Å². The van der Waals surface area contributed by atoms with Gasteiger partial charge in [-0.1, -0.05) is 79.2 Å². The van der Waals surface area contributed by atoms with Crippen molar-refractivity contribution in [2.75, 3.05) is 52.4 Å². The first-order chi connectivity index (χ1) is 60.6. The number of carbonyl (C=O) groups is 12. The van der Waals surface area contributed by atoms with Crippen LogP contribution in [0.25, 0.3) is 43.6 Å². The van der Waals surface area contributed by atoms with E-state index in [0.29, 0.717) is 126 Å². The lowest BCUT2D eigenvalue weighted by molar-refractivity contribution is -0.148. The standard InChI is InChI=1S/C90H129N23O12/c91-39-15-9-27-63(97)80(115)108-73(47-55-51-99-64-28-5-1-23-59(55)64)85(120)104-69(33-11-17-41-93)82(117)111-76(50-58-54-102-67-31-8-4-26-62(58)67)87(122)107-72(36-14-20-44-96)89(124)113-46-22-38-78(113)90(125)112-45-21-37-77(112)88(123)106-71(35-13-19-43-95)83(118)110-75(49-57-53-101-66-30-7-3-25-61(57)66)86(121)105-70(34-12-18-42-94)81(116)109-74(48-56-52-100-65-29-6-2-24-60(56)65)84(119)103-68(79(98)114)32-10-16-40-92/h1-8,23-26,28-31,51-54,63,68-78,99-102H,9-22,27,32-50,91-97H2,(H2,98,114)(H,103,119)(H,104,120)(H,105,121)(H,106,123)(H,107,122)(H,108,115)(H,109,116)(H,110,118)(H,111,117)/t63-,68-,69-,70-,71-,72-,73-,74-,75-,76-,77+,78-/m1/s1. The van der Waals surface area contributed by atoms with E-state index < -0.39 is 143 Å². The van der Waals surface area contributed by atoms with Gasteiger partial charge in [0.25, 0.3) is 0 Å². The lowest BCUT2D eigenvalue weighted by Gasteiger charge is -2.34. The molecule has 4 aromatic heterocycles. The minimum absolute atomic E-state index is 0.0170. The fourth-order valence-corrected chi connectivity index (χ4v) is 16.8. The van der Waals surface area contributed by atoms with Crippen molar-refractivity contribution in [3.8, 4) is 0 Å². The van der Waals surface area contributed by atoms with Crippen LogP contribution < -0.4 is 93.7 Å². The number of fused-ring (bicyclic) bond motifs is 4. The lowest BCUT2D eigenvalue weighted by Crippen LogP contribution is -2.61. The molecule has 0 radical (unpaired) electrons. The molecule has 2 aliphatic heterocycles. The summed E-state index contributed by atoms with van der Waals surface area (Å²) in [5.41, 5.74) is 53.5. The fraction of sp³-hybridized carbons (Fsp3) is 0.511. The summed E-state index contributed by atoms with van der Waals surface area (Å²) >= 11 is 0. The Kier molecular flexibility index (Phi) is 37.2. The molecule has 2 fully saturated rings. The van der Waals surface area contributed by atoms with E-state index >= 15 is 33.6 Å². The molecule has 0 saturated carbocycles. The number of para-hydroxylation sites is 4. The molecule has 2 aliphatic rings. The van der Waals surface area contributed by atoms with E-state index in [0.717, 1.165) is 49.2 Å². The predicted octanol–water partition coefficient (Wildman–Crippen LogP) is 1.81. The van der Waals surface area contributed by atoms with E-state index in [4.69, 9.17) is 45.9 Å². The molecule has 0 bridgehead atoms. The first kappa shape index (κ1) is 95.6. The Morgan fingerprint density at radius 2 is 0.592 bits per heavy atom. The van der Waals surface area contributed by atoms with Crippen molar-refractivity contribution in [2.24, 2.45) is 45.9 Å². The number of carbonyl (C=O) groups excluding carboxylic acids is 12. The van der Waals surface area contributed by atoms with Crippen molar-refractivity contribution in [3.05, 3.63) is 144 Å². The number of benzene rings is 4. The minimum Gasteiger partial charge on any atom is -0.368 e. The molecule has 6 heterocycles. The van der Waals surface area contributed by atoms with Crippen LogP contribution >= 0.6 is 0 Å². The van der Waals surface area contributed by atoms with Gasteiger partial charge in [0.1, 0.15) is 66.5 Å². The third-order valence-corrected chi connectivity index (χ3v) is 23.8. The van der Waals surface area contributed by atoms with Gasteiger partial charge in [-0.3, -0.25) is 57.5 Å². The monoisotopic (exact) mass is 1720 g/mol. The number of hydrogen-bond acceptors (Lipinski definition) is 19. The molecule has 4 aromatic carbocycles. The molecule has 10 rings (SSSR count). The summed E-state index contributed by atoms with van der Waals surface area (Å²) < 4.78 is 0. The zero-order chi connectivity index (χ0) is 89.3. The van der Waals surface area contributed by atoms with Crippen LogP contribution in [0.5, 0.6) is 0 Å². The Morgan fingerprint density at radius 1 is 0.320 bits per heavy atom. The first-order valence-corrected chi connectivity index (χ1v) is 44.4. The van der Waals surface area contributed by atoms with Crippen molar-refractivity contribution in [3.63, 3.8) is 0 Å². The van der Waals surface area contributed by atoms with E-state index in [1.165, 1.54) is 9.80 Å². The Morgan fingerprint density at radius 3 is 0.944 bits per heavy atom. The summed E-state index contributed by atoms with van der Waals surface area (Å²) in [4.78, 5) is 194. The summed E-state index contributed by atoms with van der Waals surface area (Å²) in [5, 5.41) is 29.2. The van der Waals surface area contributed by atoms with Gasteiger partial charge in [-0.25, -0.2) is 0 Å². The highest BCUT2D eigenvalue weighted by Gasteiger charge is 2.45. The van der Waals surface area contributed by atoms with Gasteiger partial charge in [0.15, 0.2) is 0 Å². The number of nitrogens with one attached hydrogen (secondary N) is 13. The number of nitrogens with zero attached hydrogens (tertiary/aromatic N) is 2. The molecule has 35 heteroatoms. The number of unbranched alkanes of at least 4 members (excludes halogenated alkanes) is 6. The molecule has 29 N–H and O–H groups in total. The number of hydrogen-bond donors (Lipinski definition) is 21. The van der Waals surface area contributed by atoms with Gasteiger partial charge in [-0.2, -0.15) is 0 Å². The lowest BCUT2D eigenvalue weighted by atomic mass is 10.0. The quantitative estimate of drug-likeness (QED) is 0.0242. The van der Waals surface area contributed by atoms with Crippen LogP contribution in [0.2, 0.25) is 0 Å². The molecular weight excluding hydrogens is 1600 g/mol. The molecule has 2 saturated heterocycles. The number of aromatic nitrogens is 4. The predicted molar refractivity (Wildman–Crippen MR) is 479 cm³/mol. The van der Waals surface area contributed by atoms with Crippen molar-refractivity contribution in [2.45, 2.75) is 239 Å². The molecule has 8 aromatic rings. The molecule has 125 heavy (non-hydrogen) atoms. The molecule has 0 spiro atoms. The zero-order valence-corrected chi connectivity index (χ0v) is 71.4. The highest BCUT2D eigenvalue weighted by atomic mass is 16.2. The summed E-state index contributed by atoms with van der Waals surface area (Å²) in [6, 6.07) is 15.0. The molecule has 0 aliphatic carbocycles. The Bertz CT molecular complexity index is 4930. The van der Waals surface area contributed by atoms with Crippen LogP contribution in [0.3, 0.4) is 0 Å². The largest absolute Gasteiger partial charge is 0.368 e. The van der Waals surface area contributed by atoms with Crippen molar-refractivity contribution >= 4 is 114 Å². The SMILES string of the molecule is NCCCC[C@@H](N)C(=O)N[C@H](Cc1c[nH]c2ccccc12)C(=O)N[C@H](CCCCN)C(=O)N[C@H](Cc1c[nH]c2ccccc12)C(=O)N[C@H](CCCCN)C(=O)N1CCC[C@@H]1C(=O)N1CCC[C@H]1C(=O)N[C@H](CCCCN)C(=O)N[C@H](Cc1c[nH]c2ccccc12)C(=O)N[C@H](CCCCN)C(=O)N[C@H](Cc1c[nH]c2ccccc12)C(=O)N[C@H](CCCCN)C(N)=O. The Hall–Kier alpha value is -11.6. The summed E-state index contributed by atoms with van der Waals surface area (Å²) in [5.74, 6) is -8.25. The number of likely N-dealkylation sites (tertiary alicyclic amines) is 2. The molecule has 12 atom stereocenters. The van der Waals surface area contributed by atoms with Gasteiger partial charge in [0.2, 0.25) is 70.9 Å². The highest BCUT2D eigenvalue weighted by molar-refractivity contribution is 6.01. The number of H-pyrrole nitrogens is 4. The topological polar surface area (TPSA) is 591 Å². The van der Waals surface area contributed by atoms with E-state index in [1.807, 2.05) is 97.1 Å². The first-order valence-electron chi connectivity index (χ1n) is 44.4. The van der Waals surface area contributed by atoms with Gasteiger partial charge in [0, 0.05) is 107 Å². The smallest absolute Gasteiger partial charge is 0.246 e. The van der Waals surface area contributed by atoms with Gasteiger partial charge >= 0.3 is 0 Å². The van der Waals surface area contributed by atoms with E-state index in [-0.39, 0.29) is 110 Å². The number of aromatic amines is 4. The van der Waals surface area contributed by atoms with E-state index in [9.17, 15) is 24.0 Å². The normalized spacial score (nSPS) is 16.4.